The molecule has 0 radical (unpaired) electrons. The average Bonchev–Trinajstić information content (AvgIpc) is 3.03. The molecule has 0 unspecified atom stereocenters. The molecule has 0 aliphatic carbocycles. The van der Waals surface area contributed by atoms with Gasteiger partial charge in [0.2, 0.25) is 0 Å². The van der Waals surface area contributed by atoms with Gasteiger partial charge in [-0.15, -0.1) is 0 Å². The van der Waals surface area contributed by atoms with Crippen LogP contribution in [0.15, 0.2) is 42.6 Å². The molecule has 0 spiro atoms. The molecule has 6 rings (SSSR count). The van der Waals surface area contributed by atoms with Crippen molar-refractivity contribution in [3.8, 4) is 0 Å². The SMILES string of the molecule is Cc1cc(C)c2c3cc(C)c(C)c4c3n(c2c1)c1c[c]([Ge]([CH3])([CH3])[CH3])cc2cc[n+](C)c4c21. The van der Waals surface area contributed by atoms with Crippen molar-refractivity contribution < 1.29 is 4.57 Å². The number of pyridine rings is 2. The van der Waals surface area contributed by atoms with Gasteiger partial charge < -0.3 is 0 Å². The molecule has 0 aliphatic heterocycles. The van der Waals surface area contributed by atoms with E-state index < -0.39 is 13.3 Å². The van der Waals surface area contributed by atoms with E-state index in [1.54, 1.807) is 4.40 Å². The summed E-state index contributed by atoms with van der Waals surface area (Å²) in [6.07, 6.45) is 2.25. The van der Waals surface area contributed by atoms with Crippen molar-refractivity contribution in [3.05, 3.63) is 64.8 Å². The van der Waals surface area contributed by atoms with E-state index >= 15 is 0 Å². The molecule has 160 valence electrons. The Morgan fingerprint density at radius 2 is 1.50 bits per heavy atom. The molecular weight excluding hydrogens is 449 g/mol. The van der Waals surface area contributed by atoms with Crippen molar-refractivity contribution in [1.29, 1.82) is 0 Å². The van der Waals surface area contributed by atoms with E-state index in [1.165, 1.54) is 71.3 Å². The molecule has 6 aromatic rings. The summed E-state index contributed by atoms with van der Waals surface area (Å²) in [5.74, 6) is 7.50. The van der Waals surface area contributed by atoms with Gasteiger partial charge >= 0.3 is 192 Å². The van der Waals surface area contributed by atoms with Gasteiger partial charge in [-0.05, 0) is 0 Å². The van der Waals surface area contributed by atoms with Gasteiger partial charge in [0.15, 0.2) is 0 Å². The van der Waals surface area contributed by atoms with Crippen LogP contribution in [0.25, 0.3) is 49.0 Å². The van der Waals surface area contributed by atoms with Crippen molar-refractivity contribution in [2.75, 3.05) is 0 Å². The first-order chi connectivity index (χ1) is 15.1. The topological polar surface area (TPSA) is 8.29 Å². The summed E-state index contributed by atoms with van der Waals surface area (Å²) >= 11 is -2.04. The molecule has 3 heterocycles. The van der Waals surface area contributed by atoms with Gasteiger partial charge in [-0.2, -0.15) is 0 Å². The fourth-order valence-corrected chi connectivity index (χ4v) is 8.28. The quantitative estimate of drug-likeness (QED) is 0.109. The van der Waals surface area contributed by atoms with Crippen LogP contribution in [0.4, 0.5) is 0 Å². The Morgan fingerprint density at radius 1 is 0.781 bits per heavy atom. The van der Waals surface area contributed by atoms with Crippen molar-refractivity contribution in [3.63, 3.8) is 0 Å². The van der Waals surface area contributed by atoms with Crippen LogP contribution in [0.5, 0.6) is 0 Å². The first-order valence-corrected chi connectivity index (χ1v) is 19.0. The Morgan fingerprint density at radius 3 is 2.22 bits per heavy atom. The van der Waals surface area contributed by atoms with Crippen LogP contribution in [0.1, 0.15) is 22.3 Å². The van der Waals surface area contributed by atoms with Crippen LogP contribution in [-0.4, -0.2) is 17.7 Å². The summed E-state index contributed by atoms with van der Waals surface area (Å²) in [6, 6.07) is 14.5. The first kappa shape index (κ1) is 20.1. The fraction of sp³-hybridized carbons (Fsp3) is 0.276. The number of aryl methyl sites for hydroxylation is 5. The van der Waals surface area contributed by atoms with Crippen LogP contribution in [0, 0.1) is 27.7 Å². The zero-order valence-electron chi connectivity index (χ0n) is 20.4. The van der Waals surface area contributed by atoms with Crippen LogP contribution in [0.2, 0.25) is 17.3 Å². The molecule has 0 bridgehead atoms. The number of hydrogen-bond donors (Lipinski definition) is 0. The van der Waals surface area contributed by atoms with E-state index in [4.69, 9.17) is 0 Å². The molecule has 0 atom stereocenters. The Labute approximate surface area is 192 Å². The van der Waals surface area contributed by atoms with Crippen molar-refractivity contribution in [2.24, 2.45) is 7.05 Å². The van der Waals surface area contributed by atoms with Crippen LogP contribution >= 0.6 is 0 Å². The molecule has 32 heavy (non-hydrogen) atoms. The van der Waals surface area contributed by atoms with Gasteiger partial charge in [0.1, 0.15) is 0 Å². The van der Waals surface area contributed by atoms with Gasteiger partial charge in [-0.1, -0.05) is 0 Å². The van der Waals surface area contributed by atoms with Crippen molar-refractivity contribution in [1.82, 2.24) is 4.40 Å². The zero-order chi connectivity index (χ0) is 22.7. The van der Waals surface area contributed by atoms with Gasteiger partial charge in [0.25, 0.3) is 0 Å². The Balaban J connectivity index is 2.10. The molecule has 0 fully saturated rings. The number of fused-ring (bicyclic) bond motifs is 5. The van der Waals surface area contributed by atoms with E-state index in [2.05, 4.69) is 104 Å². The second-order valence-corrected chi connectivity index (χ2v) is 21.5. The minimum absolute atomic E-state index is 1.33. The standard InChI is InChI=1S/C29H31GeN2/c1-16-11-18(3)25-22-13-17(2)19(4)26-28(22)32(23(25)12-16)24-15-21(30(5,6)7)14-20-9-10-31(8)29(26)27(20)24/h9-15H,1-8H3/q+1. The molecule has 2 nitrogen and oxygen atoms in total. The monoisotopic (exact) mass is 481 g/mol. The van der Waals surface area contributed by atoms with Crippen molar-refractivity contribution in [2.45, 2.75) is 45.0 Å². The average molecular weight is 480 g/mol. The number of aromatic nitrogens is 2. The van der Waals surface area contributed by atoms with Crippen LogP contribution in [0.3, 0.4) is 0 Å². The van der Waals surface area contributed by atoms with Gasteiger partial charge in [-0.3, -0.25) is 0 Å². The summed E-state index contributed by atoms with van der Waals surface area (Å²) in [6.45, 7) is 9.06. The summed E-state index contributed by atoms with van der Waals surface area (Å²) in [5, 5.41) is 6.96. The fourth-order valence-electron chi connectivity index (χ4n) is 5.85. The maximum atomic E-state index is 2.60. The second kappa shape index (κ2) is 6.26. The van der Waals surface area contributed by atoms with Gasteiger partial charge in [-0.25, -0.2) is 0 Å². The zero-order valence-corrected chi connectivity index (χ0v) is 22.5. The molecule has 0 aliphatic rings. The van der Waals surface area contributed by atoms with E-state index in [-0.39, 0.29) is 0 Å². The number of rotatable bonds is 1. The molecule has 0 saturated carbocycles. The maximum absolute atomic E-state index is 2.60. The molecule has 3 heteroatoms. The molecule has 0 N–H and O–H groups in total. The Bertz CT molecular complexity index is 1750. The predicted octanol–water partition coefficient (Wildman–Crippen LogP) is 6.59. The second-order valence-electron chi connectivity index (χ2n) is 10.9. The van der Waals surface area contributed by atoms with E-state index in [0.29, 0.717) is 0 Å². The van der Waals surface area contributed by atoms with E-state index in [1.807, 2.05) is 0 Å². The minimum atomic E-state index is -2.04. The van der Waals surface area contributed by atoms with Crippen molar-refractivity contribution >= 4 is 66.7 Å². The number of benzene rings is 3. The predicted molar refractivity (Wildman–Crippen MR) is 142 cm³/mol. The summed E-state index contributed by atoms with van der Waals surface area (Å²) in [5.41, 5.74) is 10.9. The number of nitrogens with zero attached hydrogens (tertiary/aromatic N) is 2. The summed E-state index contributed by atoms with van der Waals surface area (Å²) in [4.78, 5) is 0. The third-order valence-corrected chi connectivity index (χ3v) is 11.8. The third kappa shape index (κ3) is 2.45. The summed E-state index contributed by atoms with van der Waals surface area (Å²) in [7, 11) is 2.20. The molecular formula is C29H31GeN2+. The number of hydrogen-bond acceptors (Lipinski definition) is 0. The molecule has 0 saturated heterocycles. The van der Waals surface area contributed by atoms with E-state index in [9.17, 15) is 0 Å². The van der Waals surface area contributed by atoms with Crippen LogP contribution < -0.4 is 8.96 Å². The van der Waals surface area contributed by atoms with E-state index in [0.717, 1.165) is 0 Å². The van der Waals surface area contributed by atoms with Gasteiger partial charge in [0, 0.05) is 0 Å². The molecule has 3 aromatic carbocycles. The molecule has 0 amide bonds. The van der Waals surface area contributed by atoms with Crippen LogP contribution in [-0.2, 0) is 7.05 Å². The normalized spacial score (nSPS) is 13.0. The third-order valence-electron chi connectivity index (χ3n) is 7.57. The first-order valence-electron chi connectivity index (χ1n) is 11.6. The Hall–Kier alpha value is -2.59. The van der Waals surface area contributed by atoms with Gasteiger partial charge in [0.05, 0.1) is 0 Å². The summed E-state index contributed by atoms with van der Waals surface area (Å²) < 4.78 is 6.50. The molecule has 3 aromatic heterocycles. The Kier molecular flexibility index (Phi) is 3.92.